The molecule has 0 aromatic heterocycles. The maximum atomic E-state index is 14.1. The van der Waals surface area contributed by atoms with Gasteiger partial charge in [-0.1, -0.05) is 0 Å². The van der Waals surface area contributed by atoms with Gasteiger partial charge in [-0.25, -0.2) is 8.42 Å². The number of hydrogen-bond acceptors (Lipinski definition) is 4. The molecule has 0 fully saturated rings. The summed E-state index contributed by atoms with van der Waals surface area (Å²) < 4.78 is 333. The van der Waals surface area contributed by atoms with Gasteiger partial charge in [0.15, 0.2) is 0 Å². The van der Waals surface area contributed by atoms with E-state index in [1.807, 2.05) is 0 Å². The van der Waals surface area contributed by atoms with Crippen molar-refractivity contribution in [1.29, 1.82) is 0 Å². The standard InChI is InChI=1S/C17H13F23N2O4S/c1-42(2)4-3-5(6(43)44)41-47(45,46)17(39,40)15(34,35)13(30,31)11(26,27)9(22,23)7(18,19)8(20,21)10(24,25)12(28,29)14(32,33)16(36,37)38/h5,41H,3-4H2,1-2H3,(H,43,44). The Hall–Kier alpha value is -2.27. The zero-order chi connectivity index (χ0) is 38.9. The van der Waals surface area contributed by atoms with Gasteiger partial charge in [-0.15, -0.1) is 0 Å². The van der Waals surface area contributed by atoms with Gasteiger partial charge in [0.2, 0.25) is 0 Å². The number of carboxylic acids is 1. The Balaban J connectivity index is 7.29. The number of halogens is 23. The van der Waals surface area contributed by atoms with E-state index in [-0.39, 0.29) is 4.72 Å². The molecule has 0 aromatic carbocycles. The van der Waals surface area contributed by atoms with E-state index in [9.17, 15) is 114 Å². The van der Waals surface area contributed by atoms with E-state index in [2.05, 4.69) is 0 Å². The van der Waals surface area contributed by atoms with Crippen LogP contribution in [0, 0.1) is 0 Å². The Bertz CT molecular complexity index is 1260. The van der Waals surface area contributed by atoms with Gasteiger partial charge in [0, 0.05) is 0 Å². The lowest BCUT2D eigenvalue weighted by molar-refractivity contribution is -0.476. The molecule has 0 amide bonds. The predicted molar refractivity (Wildman–Crippen MR) is 102 cm³/mol. The second-order valence-electron chi connectivity index (χ2n) is 9.29. The molecule has 0 heterocycles. The van der Waals surface area contributed by atoms with Gasteiger partial charge >= 0.3 is 70.7 Å². The van der Waals surface area contributed by atoms with E-state index in [4.69, 9.17) is 5.11 Å². The first-order valence-electron chi connectivity index (χ1n) is 10.7. The minimum absolute atomic E-state index is 0.0108. The molecular formula is C17H13F23N2O4S. The Labute approximate surface area is 243 Å². The molecule has 0 bridgehead atoms. The van der Waals surface area contributed by atoms with Gasteiger partial charge in [0.05, 0.1) is 0 Å². The fraction of sp³-hybridized carbons (Fsp3) is 0.941. The highest BCUT2D eigenvalue weighted by Gasteiger charge is 2.99. The van der Waals surface area contributed by atoms with Crippen molar-refractivity contribution in [2.24, 2.45) is 0 Å². The van der Waals surface area contributed by atoms with E-state index >= 15 is 0 Å². The average molecular weight is 778 g/mol. The van der Waals surface area contributed by atoms with Crippen molar-refractivity contribution >= 4 is 16.0 Å². The highest BCUT2D eigenvalue weighted by molar-refractivity contribution is 7.90. The number of carbonyl (C=O) groups is 1. The Morgan fingerprint density at radius 3 is 1.04 bits per heavy atom. The van der Waals surface area contributed by atoms with Crippen molar-refractivity contribution < 1.29 is 119 Å². The third kappa shape index (κ3) is 6.21. The largest absolute Gasteiger partial charge is 0.480 e. The molecule has 0 aliphatic heterocycles. The molecule has 0 spiro atoms. The van der Waals surface area contributed by atoms with Crippen LogP contribution in [0.1, 0.15) is 6.42 Å². The number of carboxylic acid groups (broad SMARTS) is 1. The summed E-state index contributed by atoms with van der Waals surface area (Å²) >= 11 is 0. The molecule has 0 radical (unpaired) electrons. The van der Waals surface area contributed by atoms with Gasteiger partial charge in [-0.2, -0.15) is 106 Å². The fourth-order valence-electron chi connectivity index (χ4n) is 2.79. The third-order valence-corrected chi connectivity index (χ3v) is 7.20. The molecule has 282 valence electrons. The van der Waals surface area contributed by atoms with E-state index in [0.29, 0.717) is 0 Å². The average Bonchev–Trinajstić information content (AvgIpc) is 2.84. The fourth-order valence-corrected chi connectivity index (χ4v) is 4.00. The lowest BCUT2D eigenvalue weighted by Crippen LogP contribution is -2.78. The van der Waals surface area contributed by atoms with Crippen LogP contribution < -0.4 is 4.72 Å². The summed E-state index contributed by atoms with van der Waals surface area (Å²) in [4.78, 5) is 11.9. The van der Waals surface area contributed by atoms with Crippen LogP contribution in [0.4, 0.5) is 101 Å². The van der Waals surface area contributed by atoms with E-state index in [1.165, 1.54) is 0 Å². The van der Waals surface area contributed by atoms with Crippen molar-refractivity contribution in [1.82, 2.24) is 9.62 Å². The molecule has 2 N–H and O–H groups in total. The van der Waals surface area contributed by atoms with Crippen LogP contribution in [0.25, 0.3) is 0 Å². The second kappa shape index (κ2) is 12.0. The van der Waals surface area contributed by atoms with Crippen molar-refractivity contribution in [3.63, 3.8) is 0 Å². The van der Waals surface area contributed by atoms with Crippen molar-refractivity contribution in [2.45, 2.75) is 77.2 Å². The maximum absolute atomic E-state index is 14.1. The number of hydrogen-bond donors (Lipinski definition) is 2. The van der Waals surface area contributed by atoms with Crippen LogP contribution in [0.15, 0.2) is 0 Å². The molecule has 0 saturated carbocycles. The third-order valence-electron chi connectivity index (χ3n) is 5.67. The molecule has 47 heavy (non-hydrogen) atoms. The SMILES string of the molecule is CN(C)CCC(NS(=O)(=O)C(F)(F)C(F)(F)C(F)(F)C(F)(F)C(F)(F)C(F)(F)C(F)(F)C(F)(F)C(F)(F)C(F)(F)C(F)(F)F)C(=O)O. The summed E-state index contributed by atoms with van der Waals surface area (Å²) in [6, 6.07) is -3.11. The van der Waals surface area contributed by atoms with Crippen molar-refractivity contribution in [2.75, 3.05) is 20.6 Å². The van der Waals surface area contributed by atoms with Gasteiger partial charge in [-0.05, 0) is 27.1 Å². The van der Waals surface area contributed by atoms with Gasteiger partial charge in [-0.3, -0.25) is 4.79 Å². The van der Waals surface area contributed by atoms with E-state index in [0.717, 1.165) is 19.0 Å². The predicted octanol–water partition coefficient (Wildman–Crippen LogP) is 6.18. The molecule has 0 aliphatic carbocycles. The minimum atomic E-state index is -9.63. The summed E-state index contributed by atoms with van der Waals surface area (Å²) in [5.41, 5.74) is 0. The summed E-state index contributed by atoms with van der Waals surface area (Å²) in [7, 11) is -5.89. The lowest BCUT2D eigenvalue weighted by atomic mass is 9.86. The minimum Gasteiger partial charge on any atom is -0.480 e. The number of aliphatic carboxylic acids is 1. The van der Waals surface area contributed by atoms with Crippen molar-refractivity contribution in [3.05, 3.63) is 0 Å². The van der Waals surface area contributed by atoms with Crippen molar-refractivity contribution in [3.8, 4) is 0 Å². The van der Waals surface area contributed by atoms with Crippen LogP contribution in [-0.4, -0.2) is 116 Å². The number of sulfonamides is 1. The number of nitrogens with zero attached hydrogens (tertiary/aromatic N) is 1. The first-order valence-corrected chi connectivity index (χ1v) is 12.2. The first-order chi connectivity index (χ1) is 20.0. The zero-order valence-corrected chi connectivity index (χ0v) is 22.5. The van der Waals surface area contributed by atoms with Crippen LogP contribution in [0.2, 0.25) is 0 Å². The lowest BCUT2D eigenvalue weighted by Gasteiger charge is -2.45. The molecule has 6 nitrogen and oxygen atoms in total. The zero-order valence-electron chi connectivity index (χ0n) is 21.7. The quantitative estimate of drug-likeness (QED) is 0.183. The van der Waals surface area contributed by atoms with E-state index < -0.39 is 99.7 Å². The molecular weight excluding hydrogens is 765 g/mol. The summed E-state index contributed by atoms with van der Waals surface area (Å²) in [5, 5.41) is 0.647. The van der Waals surface area contributed by atoms with Gasteiger partial charge in [0.1, 0.15) is 6.04 Å². The van der Waals surface area contributed by atoms with Crippen LogP contribution >= 0.6 is 0 Å². The summed E-state index contributed by atoms with van der Waals surface area (Å²) in [6.45, 7) is -0.718. The molecule has 1 unspecified atom stereocenters. The molecule has 1 atom stereocenters. The molecule has 0 aromatic rings. The summed E-state index contributed by atoms with van der Waals surface area (Å²) in [6.07, 6.45) is -9.48. The summed E-state index contributed by atoms with van der Waals surface area (Å²) in [5.74, 6) is -86.3. The van der Waals surface area contributed by atoms with Crippen LogP contribution in [0.3, 0.4) is 0 Å². The number of rotatable bonds is 16. The maximum Gasteiger partial charge on any atom is 0.460 e. The smallest absolute Gasteiger partial charge is 0.460 e. The molecule has 0 rings (SSSR count). The number of nitrogens with one attached hydrogen (secondary N) is 1. The van der Waals surface area contributed by atoms with E-state index in [1.54, 1.807) is 0 Å². The normalized spacial score (nSPS) is 16.9. The monoisotopic (exact) mass is 778 g/mol. The van der Waals surface area contributed by atoms with Gasteiger partial charge < -0.3 is 10.0 Å². The number of alkyl halides is 23. The molecule has 30 heteroatoms. The molecule has 0 saturated heterocycles. The highest BCUT2D eigenvalue weighted by atomic mass is 32.2. The highest BCUT2D eigenvalue weighted by Crippen LogP contribution is 2.67. The van der Waals surface area contributed by atoms with Gasteiger partial charge in [0.25, 0.3) is 10.0 Å². The topological polar surface area (TPSA) is 86.7 Å². The second-order valence-corrected chi connectivity index (χ2v) is 11.0. The Morgan fingerprint density at radius 1 is 0.553 bits per heavy atom. The first kappa shape index (κ1) is 44.7. The van der Waals surface area contributed by atoms with Crippen LogP contribution in [0.5, 0.6) is 0 Å². The molecule has 0 aliphatic rings. The van der Waals surface area contributed by atoms with Crippen LogP contribution in [-0.2, 0) is 14.8 Å². The Kier molecular flexibility index (Phi) is 11.4. The Morgan fingerprint density at radius 2 is 0.809 bits per heavy atom.